The Labute approximate surface area is 120 Å². The summed E-state index contributed by atoms with van der Waals surface area (Å²) in [5, 5.41) is 8.80. The van der Waals surface area contributed by atoms with Crippen LogP contribution in [-0.4, -0.2) is 37.1 Å². The van der Waals surface area contributed by atoms with E-state index in [0.29, 0.717) is 30.2 Å². The lowest BCUT2D eigenvalue weighted by Gasteiger charge is -2.29. The third-order valence-electron chi connectivity index (χ3n) is 3.85. The number of benzene rings is 1. The Kier molecular flexibility index (Phi) is 4.75. The summed E-state index contributed by atoms with van der Waals surface area (Å²) in [6.45, 7) is 3.25. The Bertz CT molecular complexity index is 500. The first-order chi connectivity index (χ1) is 9.67. The number of amides is 1. The zero-order valence-corrected chi connectivity index (χ0v) is 12.0. The molecule has 0 saturated heterocycles. The topological polar surface area (TPSA) is 53.3 Å². The van der Waals surface area contributed by atoms with E-state index in [0.717, 1.165) is 0 Å². The van der Waals surface area contributed by atoms with Gasteiger partial charge >= 0.3 is 0 Å². The minimum atomic E-state index is 0.0194. The van der Waals surface area contributed by atoms with E-state index in [4.69, 9.17) is 10.00 Å². The molecule has 0 heterocycles. The van der Waals surface area contributed by atoms with Gasteiger partial charge in [-0.1, -0.05) is 0 Å². The van der Waals surface area contributed by atoms with Crippen LogP contribution >= 0.6 is 0 Å². The largest absolute Gasteiger partial charge is 0.383 e. The molecule has 0 bridgehead atoms. The third-order valence-corrected chi connectivity index (χ3v) is 3.85. The molecule has 106 valence electrons. The van der Waals surface area contributed by atoms with E-state index >= 15 is 0 Å². The quantitative estimate of drug-likeness (QED) is 0.799. The van der Waals surface area contributed by atoms with Gasteiger partial charge in [-0.3, -0.25) is 4.79 Å². The fraction of sp³-hybridized carbons (Fsp3) is 0.500. The summed E-state index contributed by atoms with van der Waals surface area (Å²) in [6.07, 6.45) is 2.40. The molecule has 0 radical (unpaired) electrons. The van der Waals surface area contributed by atoms with Gasteiger partial charge in [0.15, 0.2) is 0 Å². The number of methoxy groups -OCH3 is 1. The number of nitrogens with zero attached hydrogens (tertiary/aromatic N) is 2. The highest BCUT2D eigenvalue weighted by atomic mass is 16.5. The Morgan fingerprint density at radius 1 is 1.45 bits per heavy atom. The molecule has 1 aromatic rings. The Morgan fingerprint density at radius 2 is 2.10 bits per heavy atom. The molecule has 1 aliphatic rings. The molecule has 1 atom stereocenters. The lowest BCUT2D eigenvalue weighted by molar-refractivity contribution is 0.0594. The molecule has 20 heavy (non-hydrogen) atoms. The van der Waals surface area contributed by atoms with Crippen molar-refractivity contribution in [3.05, 3.63) is 35.4 Å². The summed E-state index contributed by atoms with van der Waals surface area (Å²) in [5.74, 6) is 0.639. The zero-order valence-electron chi connectivity index (χ0n) is 12.0. The molecule has 1 aliphatic carbocycles. The van der Waals surface area contributed by atoms with E-state index < -0.39 is 0 Å². The van der Waals surface area contributed by atoms with Gasteiger partial charge in [0.1, 0.15) is 0 Å². The Balaban J connectivity index is 2.13. The predicted octanol–water partition coefficient (Wildman–Crippen LogP) is 2.45. The van der Waals surface area contributed by atoms with Gasteiger partial charge in [0.25, 0.3) is 5.91 Å². The Hall–Kier alpha value is -1.86. The normalized spacial score (nSPS) is 15.4. The van der Waals surface area contributed by atoms with Gasteiger partial charge in [0.05, 0.1) is 18.2 Å². The molecule has 0 aliphatic heterocycles. The number of carbonyl (C=O) groups is 1. The number of hydrogen-bond donors (Lipinski definition) is 0. The van der Waals surface area contributed by atoms with E-state index in [9.17, 15) is 4.79 Å². The summed E-state index contributed by atoms with van der Waals surface area (Å²) in [6, 6.07) is 9.12. The first kappa shape index (κ1) is 14.5. The molecule has 1 unspecified atom stereocenters. The molecule has 0 aromatic heterocycles. The fourth-order valence-electron chi connectivity index (χ4n) is 2.37. The Morgan fingerprint density at radius 3 is 2.60 bits per heavy atom. The summed E-state index contributed by atoms with van der Waals surface area (Å²) >= 11 is 0. The van der Waals surface area contributed by atoms with Gasteiger partial charge in [-0.15, -0.1) is 0 Å². The van der Waals surface area contributed by atoms with Gasteiger partial charge in [-0.05, 0) is 49.9 Å². The maximum atomic E-state index is 12.6. The SMILES string of the molecule is COCCN(C(=O)c1ccc(C#N)cc1)C(C)C1CC1. The second kappa shape index (κ2) is 6.53. The summed E-state index contributed by atoms with van der Waals surface area (Å²) in [7, 11) is 1.64. The number of nitriles is 1. The smallest absolute Gasteiger partial charge is 0.254 e. The zero-order chi connectivity index (χ0) is 14.5. The van der Waals surface area contributed by atoms with Gasteiger partial charge in [-0.2, -0.15) is 5.26 Å². The maximum Gasteiger partial charge on any atom is 0.254 e. The number of rotatable bonds is 6. The molecular weight excluding hydrogens is 252 g/mol. The van der Waals surface area contributed by atoms with Crippen molar-refractivity contribution in [1.29, 1.82) is 5.26 Å². The first-order valence-corrected chi connectivity index (χ1v) is 6.97. The van der Waals surface area contributed by atoms with E-state index in [1.54, 1.807) is 31.4 Å². The minimum Gasteiger partial charge on any atom is -0.383 e. The molecule has 1 fully saturated rings. The van der Waals surface area contributed by atoms with Gasteiger partial charge in [-0.25, -0.2) is 0 Å². The van der Waals surface area contributed by atoms with Crippen molar-refractivity contribution in [2.75, 3.05) is 20.3 Å². The molecule has 2 rings (SSSR count). The second-order valence-corrected chi connectivity index (χ2v) is 5.26. The van der Waals surface area contributed by atoms with E-state index in [1.165, 1.54) is 12.8 Å². The second-order valence-electron chi connectivity index (χ2n) is 5.26. The number of ether oxygens (including phenoxy) is 1. The summed E-state index contributed by atoms with van der Waals surface area (Å²) in [4.78, 5) is 14.5. The fourth-order valence-corrected chi connectivity index (χ4v) is 2.37. The predicted molar refractivity (Wildman–Crippen MR) is 76.3 cm³/mol. The van der Waals surface area contributed by atoms with E-state index in [1.807, 2.05) is 4.90 Å². The highest BCUT2D eigenvalue weighted by Gasteiger charge is 2.34. The minimum absolute atomic E-state index is 0.0194. The van der Waals surface area contributed by atoms with Crippen molar-refractivity contribution in [2.24, 2.45) is 5.92 Å². The van der Waals surface area contributed by atoms with E-state index in [-0.39, 0.29) is 11.9 Å². The molecule has 1 amide bonds. The molecular formula is C16H20N2O2. The van der Waals surface area contributed by atoms with Crippen molar-refractivity contribution in [1.82, 2.24) is 4.90 Å². The average molecular weight is 272 g/mol. The standard InChI is InChI=1S/C16H20N2O2/c1-12(14-7-8-14)18(9-10-20-2)16(19)15-5-3-13(11-17)4-6-15/h3-6,12,14H,7-10H2,1-2H3. The monoisotopic (exact) mass is 272 g/mol. The van der Waals surface area contributed by atoms with Crippen LogP contribution in [-0.2, 0) is 4.74 Å². The van der Waals surface area contributed by atoms with Crippen LogP contribution in [0.2, 0.25) is 0 Å². The summed E-state index contributed by atoms with van der Waals surface area (Å²) in [5.41, 5.74) is 1.20. The van der Waals surface area contributed by atoms with Crippen molar-refractivity contribution in [2.45, 2.75) is 25.8 Å². The average Bonchev–Trinajstić information content (AvgIpc) is 3.32. The summed E-state index contributed by atoms with van der Waals surface area (Å²) < 4.78 is 5.11. The van der Waals surface area contributed by atoms with Crippen LogP contribution in [0.3, 0.4) is 0 Å². The lowest BCUT2D eigenvalue weighted by Crippen LogP contribution is -2.42. The van der Waals surface area contributed by atoms with Crippen LogP contribution in [0.25, 0.3) is 0 Å². The van der Waals surface area contributed by atoms with Crippen molar-refractivity contribution < 1.29 is 9.53 Å². The molecule has 4 heteroatoms. The van der Waals surface area contributed by atoms with E-state index in [2.05, 4.69) is 13.0 Å². The maximum absolute atomic E-state index is 12.6. The molecule has 4 nitrogen and oxygen atoms in total. The van der Waals surface area contributed by atoms with Crippen LogP contribution in [0.1, 0.15) is 35.7 Å². The highest BCUT2D eigenvalue weighted by Crippen LogP contribution is 2.35. The van der Waals surface area contributed by atoms with Crippen molar-refractivity contribution in [3.8, 4) is 6.07 Å². The van der Waals surface area contributed by atoms with Crippen LogP contribution in [0.4, 0.5) is 0 Å². The van der Waals surface area contributed by atoms with Crippen LogP contribution in [0.15, 0.2) is 24.3 Å². The molecule has 0 spiro atoms. The van der Waals surface area contributed by atoms with Crippen LogP contribution in [0, 0.1) is 17.2 Å². The van der Waals surface area contributed by atoms with Crippen molar-refractivity contribution in [3.63, 3.8) is 0 Å². The third kappa shape index (κ3) is 3.37. The lowest BCUT2D eigenvalue weighted by atomic mass is 10.1. The number of hydrogen-bond acceptors (Lipinski definition) is 3. The molecule has 1 saturated carbocycles. The number of carbonyl (C=O) groups excluding carboxylic acids is 1. The van der Waals surface area contributed by atoms with Crippen LogP contribution < -0.4 is 0 Å². The van der Waals surface area contributed by atoms with Gasteiger partial charge in [0, 0.05) is 25.3 Å². The molecule has 0 N–H and O–H groups in total. The van der Waals surface area contributed by atoms with Crippen molar-refractivity contribution >= 4 is 5.91 Å². The van der Waals surface area contributed by atoms with Gasteiger partial charge in [0.2, 0.25) is 0 Å². The van der Waals surface area contributed by atoms with Crippen LogP contribution in [0.5, 0.6) is 0 Å². The van der Waals surface area contributed by atoms with Gasteiger partial charge < -0.3 is 9.64 Å². The highest BCUT2D eigenvalue weighted by molar-refractivity contribution is 5.94. The first-order valence-electron chi connectivity index (χ1n) is 6.97. The molecule has 1 aromatic carbocycles.